The molecule has 0 spiro atoms. The lowest BCUT2D eigenvalue weighted by molar-refractivity contribution is 0.0535. The highest BCUT2D eigenvalue weighted by molar-refractivity contribution is 6.31. The maximum Gasteiger partial charge on any atom is 0.162 e. The molecule has 2 aromatic carbocycles. The van der Waals surface area contributed by atoms with Gasteiger partial charge in [-0.05, 0) is 56.4 Å². The molecule has 1 unspecified atom stereocenters. The lowest BCUT2D eigenvalue weighted by Gasteiger charge is -2.21. The minimum absolute atomic E-state index is 0.0916. The number of ketones is 1. The maximum atomic E-state index is 12.5. The van der Waals surface area contributed by atoms with Gasteiger partial charge in [0.2, 0.25) is 0 Å². The fourth-order valence-electron chi connectivity index (χ4n) is 2.99. The van der Waals surface area contributed by atoms with Crippen molar-refractivity contribution in [2.45, 2.75) is 52.2 Å². The predicted molar refractivity (Wildman–Crippen MR) is 114 cm³/mol. The van der Waals surface area contributed by atoms with Crippen molar-refractivity contribution in [2.24, 2.45) is 5.73 Å². The van der Waals surface area contributed by atoms with E-state index in [2.05, 4.69) is 32.0 Å². The smallest absolute Gasteiger partial charge is 0.162 e. The molecule has 0 saturated carbocycles. The molecule has 28 heavy (non-hydrogen) atoms. The van der Waals surface area contributed by atoms with E-state index in [4.69, 9.17) is 27.2 Å². The van der Waals surface area contributed by atoms with Crippen molar-refractivity contribution in [1.29, 1.82) is 0 Å². The number of carbonyl (C=O) groups is 1. The number of carbonyl (C=O) groups excluding carboxylic acids is 1. The number of aryl methyl sites for hydroxylation is 3. The summed E-state index contributed by atoms with van der Waals surface area (Å²) in [6, 6.07) is 11.7. The van der Waals surface area contributed by atoms with Crippen molar-refractivity contribution in [1.82, 2.24) is 0 Å². The Bertz CT molecular complexity index is 817. The Labute approximate surface area is 172 Å². The van der Waals surface area contributed by atoms with Crippen molar-refractivity contribution in [3.8, 4) is 0 Å². The van der Waals surface area contributed by atoms with E-state index in [0.717, 1.165) is 18.4 Å². The first kappa shape index (κ1) is 22.6. The Morgan fingerprint density at radius 1 is 1.18 bits per heavy atom. The van der Waals surface area contributed by atoms with E-state index in [-0.39, 0.29) is 25.6 Å². The SMILES string of the molecule is Cc1ccc(CCCC(=O)c2ccc(COCC(C)(N)CO)c(Cl)c2)c(C)c1. The zero-order chi connectivity index (χ0) is 20.7. The number of benzene rings is 2. The van der Waals surface area contributed by atoms with Gasteiger partial charge >= 0.3 is 0 Å². The van der Waals surface area contributed by atoms with Gasteiger partial charge in [-0.3, -0.25) is 4.79 Å². The first-order valence-corrected chi connectivity index (χ1v) is 9.95. The number of aliphatic hydroxyl groups is 1. The number of hydrogen-bond donors (Lipinski definition) is 2. The van der Waals surface area contributed by atoms with Crippen LogP contribution >= 0.6 is 11.6 Å². The summed E-state index contributed by atoms with van der Waals surface area (Å²) >= 11 is 6.31. The molecular weight excluding hydrogens is 374 g/mol. The van der Waals surface area contributed by atoms with Crippen molar-refractivity contribution in [3.63, 3.8) is 0 Å². The highest BCUT2D eigenvalue weighted by Crippen LogP contribution is 2.21. The number of halogens is 1. The van der Waals surface area contributed by atoms with E-state index >= 15 is 0 Å². The summed E-state index contributed by atoms with van der Waals surface area (Å²) in [5, 5.41) is 9.65. The van der Waals surface area contributed by atoms with Gasteiger partial charge in [0, 0.05) is 17.0 Å². The van der Waals surface area contributed by atoms with Gasteiger partial charge in [0.15, 0.2) is 5.78 Å². The summed E-state index contributed by atoms with van der Waals surface area (Å²) in [7, 11) is 0. The van der Waals surface area contributed by atoms with Crippen LogP contribution in [0.25, 0.3) is 0 Å². The summed E-state index contributed by atoms with van der Waals surface area (Å²) in [5.41, 5.74) is 10.3. The van der Waals surface area contributed by atoms with E-state index in [1.807, 2.05) is 6.07 Å². The third-order valence-electron chi connectivity index (χ3n) is 4.77. The van der Waals surface area contributed by atoms with Crippen LogP contribution in [0.5, 0.6) is 0 Å². The molecule has 0 heterocycles. The monoisotopic (exact) mass is 403 g/mol. The molecule has 3 N–H and O–H groups in total. The minimum atomic E-state index is -0.780. The first-order valence-electron chi connectivity index (χ1n) is 9.57. The van der Waals surface area contributed by atoms with Gasteiger partial charge in [-0.2, -0.15) is 0 Å². The normalized spacial score (nSPS) is 13.4. The van der Waals surface area contributed by atoms with Gasteiger partial charge in [-0.25, -0.2) is 0 Å². The largest absolute Gasteiger partial charge is 0.394 e. The lowest BCUT2D eigenvalue weighted by Crippen LogP contribution is -2.44. The van der Waals surface area contributed by atoms with Crippen molar-refractivity contribution in [3.05, 3.63) is 69.2 Å². The van der Waals surface area contributed by atoms with Crippen LogP contribution in [-0.2, 0) is 17.8 Å². The third-order valence-corrected chi connectivity index (χ3v) is 5.13. The molecule has 2 aromatic rings. The second kappa shape index (κ2) is 10.2. The maximum absolute atomic E-state index is 12.5. The quantitative estimate of drug-likeness (QED) is 0.577. The average Bonchev–Trinajstić information content (AvgIpc) is 2.64. The van der Waals surface area contributed by atoms with Crippen LogP contribution in [0.15, 0.2) is 36.4 Å². The van der Waals surface area contributed by atoms with Gasteiger partial charge < -0.3 is 15.6 Å². The summed E-state index contributed by atoms with van der Waals surface area (Å²) < 4.78 is 5.54. The number of aliphatic hydroxyl groups excluding tert-OH is 1. The van der Waals surface area contributed by atoms with E-state index in [1.54, 1.807) is 19.1 Å². The molecule has 0 aliphatic heterocycles. The van der Waals surface area contributed by atoms with Crippen LogP contribution in [-0.4, -0.2) is 29.6 Å². The predicted octanol–water partition coefficient (Wildman–Crippen LogP) is 4.39. The van der Waals surface area contributed by atoms with Crippen LogP contribution in [0.1, 0.15) is 52.4 Å². The van der Waals surface area contributed by atoms with E-state index in [1.165, 1.54) is 16.7 Å². The van der Waals surface area contributed by atoms with Crippen molar-refractivity contribution < 1.29 is 14.6 Å². The van der Waals surface area contributed by atoms with E-state index in [0.29, 0.717) is 17.0 Å². The van der Waals surface area contributed by atoms with E-state index < -0.39 is 5.54 Å². The van der Waals surface area contributed by atoms with E-state index in [9.17, 15) is 4.79 Å². The van der Waals surface area contributed by atoms with Gasteiger partial charge in [0.1, 0.15) is 0 Å². The molecular formula is C23H30ClNO3. The Morgan fingerprint density at radius 3 is 2.54 bits per heavy atom. The highest BCUT2D eigenvalue weighted by atomic mass is 35.5. The van der Waals surface area contributed by atoms with Gasteiger partial charge in [0.05, 0.1) is 25.4 Å². The molecule has 0 amide bonds. The van der Waals surface area contributed by atoms with Crippen LogP contribution in [0.3, 0.4) is 0 Å². The second-order valence-corrected chi connectivity index (χ2v) is 8.23. The Morgan fingerprint density at radius 2 is 1.89 bits per heavy atom. The van der Waals surface area contributed by atoms with Gasteiger partial charge in [0.25, 0.3) is 0 Å². The number of nitrogens with two attached hydrogens (primary N) is 1. The van der Waals surface area contributed by atoms with Gasteiger partial charge in [-0.1, -0.05) is 47.5 Å². The highest BCUT2D eigenvalue weighted by Gasteiger charge is 2.17. The Hall–Kier alpha value is -1.72. The van der Waals surface area contributed by atoms with Crippen LogP contribution in [0.2, 0.25) is 5.02 Å². The number of rotatable bonds is 10. The number of hydrogen-bond acceptors (Lipinski definition) is 4. The van der Waals surface area contributed by atoms with Crippen LogP contribution in [0, 0.1) is 13.8 Å². The molecule has 0 saturated heterocycles. The molecule has 0 radical (unpaired) electrons. The number of Topliss-reactive ketones (excluding diaryl/α,β-unsaturated/α-hetero) is 1. The third kappa shape index (κ3) is 6.71. The molecule has 0 bridgehead atoms. The zero-order valence-corrected chi connectivity index (χ0v) is 17.7. The topological polar surface area (TPSA) is 72.5 Å². The lowest BCUT2D eigenvalue weighted by atomic mass is 9.98. The zero-order valence-electron chi connectivity index (χ0n) is 16.9. The average molecular weight is 404 g/mol. The number of ether oxygens (including phenoxy) is 1. The molecule has 0 fully saturated rings. The molecule has 0 aliphatic carbocycles. The summed E-state index contributed by atoms with van der Waals surface area (Å²) in [6.07, 6.45) is 2.18. The molecule has 0 aromatic heterocycles. The first-order chi connectivity index (χ1) is 13.2. The van der Waals surface area contributed by atoms with Crippen LogP contribution < -0.4 is 5.73 Å². The Kier molecular flexibility index (Phi) is 8.20. The minimum Gasteiger partial charge on any atom is -0.394 e. The van der Waals surface area contributed by atoms with Crippen molar-refractivity contribution in [2.75, 3.05) is 13.2 Å². The summed E-state index contributed by atoms with van der Waals surface area (Å²) in [4.78, 5) is 12.5. The molecule has 5 heteroatoms. The van der Waals surface area contributed by atoms with Crippen molar-refractivity contribution >= 4 is 17.4 Å². The molecule has 2 rings (SSSR count). The molecule has 1 atom stereocenters. The van der Waals surface area contributed by atoms with Gasteiger partial charge in [-0.15, -0.1) is 0 Å². The second-order valence-electron chi connectivity index (χ2n) is 7.82. The van der Waals surface area contributed by atoms with Crippen LogP contribution in [0.4, 0.5) is 0 Å². The molecule has 0 aliphatic rings. The molecule has 152 valence electrons. The fourth-order valence-corrected chi connectivity index (χ4v) is 3.22. The standard InChI is InChI=1S/C23H30ClNO3/c1-16-7-8-18(17(2)11-16)5-4-6-22(27)19-9-10-20(21(24)12-19)13-28-15-23(3,25)14-26/h7-12,26H,4-6,13-15,25H2,1-3H3. The summed E-state index contributed by atoms with van der Waals surface area (Å²) in [6.45, 7) is 6.26. The fraction of sp³-hybridized carbons (Fsp3) is 0.435. The molecule has 4 nitrogen and oxygen atoms in total. The Balaban J connectivity index is 1.87. The summed E-state index contributed by atoms with van der Waals surface area (Å²) in [5.74, 6) is 0.0916.